The van der Waals surface area contributed by atoms with Crippen LogP contribution in [0.1, 0.15) is 50.2 Å². The van der Waals surface area contributed by atoms with Gasteiger partial charge in [-0.15, -0.1) is 11.3 Å². The van der Waals surface area contributed by atoms with Gasteiger partial charge in [-0.05, 0) is 19.8 Å². The van der Waals surface area contributed by atoms with Gasteiger partial charge in [-0.1, -0.05) is 13.8 Å². The number of thiazole rings is 1. The molecule has 5 nitrogen and oxygen atoms in total. The third kappa shape index (κ3) is 5.05. The Hall–Kier alpha value is -0.980. The SMILES string of the molecule is CC(OCC1CCCO1)C(=O)OCc1csc(C(C)C)n1. The second-order valence-electron chi connectivity index (χ2n) is 5.55. The van der Waals surface area contributed by atoms with Crippen LogP contribution in [0.5, 0.6) is 0 Å². The molecule has 2 unspecified atom stereocenters. The molecule has 1 saturated heterocycles. The van der Waals surface area contributed by atoms with Gasteiger partial charge in [0.05, 0.1) is 23.4 Å². The van der Waals surface area contributed by atoms with Crippen LogP contribution in [0.15, 0.2) is 5.38 Å². The summed E-state index contributed by atoms with van der Waals surface area (Å²) in [6.45, 7) is 7.33. The van der Waals surface area contributed by atoms with E-state index in [1.165, 1.54) is 0 Å². The first-order chi connectivity index (χ1) is 10.1. The summed E-state index contributed by atoms with van der Waals surface area (Å²) >= 11 is 1.59. The van der Waals surface area contributed by atoms with Gasteiger partial charge in [0.25, 0.3) is 0 Å². The Kier molecular flexibility index (Phi) is 6.14. The Labute approximate surface area is 129 Å². The van der Waals surface area contributed by atoms with Gasteiger partial charge in [0, 0.05) is 17.9 Å². The van der Waals surface area contributed by atoms with E-state index in [1.807, 2.05) is 5.38 Å². The summed E-state index contributed by atoms with van der Waals surface area (Å²) in [5.74, 6) is 0.0419. The summed E-state index contributed by atoms with van der Waals surface area (Å²) < 4.78 is 16.2. The molecule has 0 aliphatic carbocycles. The van der Waals surface area contributed by atoms with Crippen LogP contribution in [-0.2, 0) is 25.6 Å². The molecule has 0 radical (unpaired) electrons. The first-order valence-electron chi connectivity index (χ1n) is 7.40. The van der Waals surface area contributed by atoms with Gasteiger partial charge in [-0.3, -0.25) is 0 Å². The third-order valence-corrected chi connectivity index (χ3v) is 4.51. The number of aromatic nitrogens is 1. The van der Waals surface area contributed by atoms with Crippen molar-refractivity contribution in [1.82, 2.24) is 4.98 Å². The van der Waals surface area contributed by atoms with Gasteiger partial charge >= 0.3 is 5.97 Å². The highest BCUT2D eigenvalue weighted by Gasteiger charge is 2.21. The molecule has 0 saturated carbocycles. The van der Waals surface area contributed by atoms with Crippen molar-refractivity contribution in [1.29, 1.82) is 0 Å². The molecule has 1 aliphatic rings. The summed E-state index contributed by atoms with van der Waals surface area (Å²) in [4.78, 5) is 16.3. The highest BCUT2D eigenvalue weighted by molar-refractivity contribution is 7.09. The summed E-state index contributed by atoms with van der Waals surface area (Å²) in [5, 5.41) is 2.99. The van der Waals surface area contributed by atoms with E-state index in [-0.39, 0.29) is 18.7 Å². The van der Waals surface area contributed by atoms with Gasteiger partial charge < -0.3 is 14.2 Å². The van der Waals surface area contributed by atoms with Crippen LogP contribution < -0.4 is 0 Å². The van der Waals surface area contributed by atoms with Crippen LogP contribution >= 0.6 is 11.3 Å². The van der Waals surface area contributed by atoms with Crippen molar-refractivity contribution in [3.8, 4) is 0 Å². The number of hydrogen-bond acceptors (Lipinski definition) is 6. The zero-order valence-electron chi connectivity index (χ0n) is 12.8. The van der Waals surface area contributed by atoms with Crippen LogP contribution in [0.3, 0.4) is 0 Å². The topological polar surface area (TPSA) is 57.7 Å². The van der Waals surface area contributed by atoms with Gasteiger partial charge in [0.15, 0.2) is 6.10 Å². The molecule has 0 N–H and O–H groups in total. The first-order valence-corrected chi connectivity index (χ1v) is 8.28. The number of hydrogen-bond donors (Lipinski definition) is 0. The van der Waals surface area contributed by atoms with E-state index in [4.69, 9.17) is 14.2 Å². The van der Waals surface area contributed by atoms with E-state index in [9.17, 15) is 4.79 Å². The van der Waals surface area contributed by atoms with E-state index in [0.29, 0.717) is 12.5 Å². The minimum absolute atomic E-state index is 0.118. The number of carbonyl (C=O) groups excluding carboxylic acids is 1. The monoisotopic (exact) mass is 313 g/mol. The van der Waals surface area contributed by atoms with Gasteiger partial charge in [-0.2, -0.15) is 0 Å². The lowest BCUT2D eigenvalue weighted by Crippen LogP contribution is -2.27. The van der Waals surface area contributed by atoms with E-state index >= 15 is 0 Å². The number of ether oxygens (including phenoxy) is 3. The Bertz CT molecular complexity index is 454. The molecule has 0 spiro atoms. The lowest BCUT2D eigenvalue weighted by molar-refractivity contribution is -0.159. The predicted octanol–water partition coefficient (Wildman–Crippen LogP) is 2.89. The Morgan fingerprint density at radius 3 is 2.95 bits per heavy atom. The quantitative estimate of drug-likeness (QED) is 0.724. The molecular formula is C15H23NO4S. The summed E-state index contributed by atoms with van der Waals surface area (Å²) in [5.41, 5.74) is 0.795. The molecular weight excluding hydrogens is 290 g/mol. The molecule has 6 heteroatoms. The fourth-order valence-corrected chi connectivity index (χ4v) is 2.83. The second-order valence-corrected chi connectivity index (χ2v) is 6.44. The number of nitrogens with zero attached hydrogens (tertiary/aromatic N) is 1. The minimum Gasteiger partial charge on any atom is -0.457 e. The predicted molar refractivity (Wildman–Crippen MR) is 80.4 cm³/mol. The maximum absolute atomic E-state index is 11.8. The molecule has 0 amide bonds. The largest absolute Gasteiger partial charge is 0.457 e. The smallest absolute Gasteiger partial charge is 0.335 e. The van der Waals surface area contributed by atoms with E-state index in [0.717, 1.165) is 30.2 Å². The highest BCUT2D eigenvalue weighted by Crippen LogP contribution is 2.19. The van der Waals surface area contributed by atoms with Crippen molar-refractivity contribution in [2.24, 2.45) is 0 Å². The molecule has 21 heavy (non-hydrogen) atoms. The molecule has 1 fully saturated rings. The zero-order valence-corrected chi connectivity index (χ0v) is 13.6. The lowest BCUT2D eigenvalue weighted by atomic mass is 10.2. The fourth-order valence-electron chi connectivity index (χ4n) is 2.01. The molecule has 2 atom stereocenters. The lowest BCUT2D eigenvalue weighted by Gasteiger charge is -2.15. The van der Waals surface area contributed by atoms with E-state index in [2.05, 4.69) is 18.8 Å². The van der Waals surface area contributed by atoms with Crippen molar-refractivity contribution in [2.75, 3.05) is 13.2 Å². The van der Waals surface area contributed by atoms with E-state index in [1.54, 1.807) is 18.3 Å². The maximum atomic E-state index is 11.8. The molecule has 2 heterocycles. The van der Waals surface area contributed by atoms with Gasteiger partial charge in [0.2, 0.25) is 0 Å². The zero-order chi connectivity index (χ0) is 15.2. The van der Waals surface area contributed by atoms with Crippen LogP contribution in [0.4, 0.5) is 0 Å². The van der Waals surface area contributed by atoms with Crippen molar-refractivity contribution in [3.63, 3.8) is 0 Å². The molecule has 118 valence electrons. The maximum Gasteiger partial charge on any atom is 0.335 e. The molecule has 1 aromatic heterocycles. The van der Waals surface area contributed by atoms with Crippen molar-refractivity contribution < 1.29 is 19.0 Å². The van der Waals surface area contributed by atoms with Crippen LogP contribution in [0.25, 0.3) is 0 Å². The Balaban J connectivity index is 1.69. The van der Waals surface area contributed by atoms with Crippen LogP contribution in [0, 0.1) is 0 Å². The van der Waals surface area contributed by atoms with E-state index < -0.39 is 6.10 Å². The minimum atomic E-state index is -0.572. The molecule has 1 aliphatic heterocycles. The highest BCUT2D eigenvalue weighted by atomic mass is 32.1. The van der Waals surface area contributed by atoms with Gasteiger partial charge in [-0.25, -0.2) is 9.78 Å². The third-order valence-electron chi connectivity index (χ3n) is 3.31. The fraction of sp³-hybridized carbons (Fsp3) is 0.733. The molecule has 2 rings (SSSR count). The summed E-state index contributed by atoms with van der Waals surface area (Å²) in [6.07, 6.45) is 1.61. The van der Waals surface area contributed by atoms with Gasteiger partial charge in [0.1, 0.15) is 6.61 Å². The molecule has 0 aromatic carbocycles. The summed E-state index contributed by atoms with van der Waals surface area (Å²) in [6, 6.07) is 0. The first kappa shape index (κ1) is 16.4. The standard InChI is InChI=1S/C15H23NO4S/c1-10(2)14-16-12(9-21-14)7-20-15(17)11(3)19-8-13-5-4-6-18-13/h9-11,13H,4-8H2,1-3H3. The Morgan fingerprint density at radius 1 is 1.52 bits per heavy atom. The normalized spacial score (nSPS) is 19.9. The average molecular weight is 313 g/mol. The molecule has 1 aromatic rings. The average Bonchev–Trinajstić information content (AvgIpc) is 3.13. The van der Waals surface area contributed by atoms with Crippen LogP contribution in [0.2, 0.25) is 0 Å². The van der Waals surface area contributed by atoms with Crippen molar-refractivity contribution in [2.45, 2.75) is 58.3 Å². The Morgan fingerprint density at radius 2 is 2.33 bits per heavy atom. The van der Waals surface area contributed by atoms with Crippen molar-refractivity contribution >= 4 is 17.3 Å². The molecule has 0 bridgehead atoms. The van der Waals surface area contributed by atoms with Crippen LogP contribution in [-0.4, -0.2) is 36.4 Å². The van der Waals surface area contributed by atoms with Crippen molar-refractivity contribution in [3.05, 3.63) is 16.1 Å². The number of rotatable bonds is 7. The number of esters is 1. The number of carbonyl (C=O) groups is 1. The summed E-state index contributed by atoms with van der Waals surface area (Å²) in [7, 11) is 0. The second kappa shape index (κ2) is 7.87.